The molecule has 1 saturated carbocycles. The van der Waals surface area contributed by atoms with Crippen LogP contribution in [0.5, 0.6) is 5.75 Å². The number of alkyl halides is 3. The number of imidazole rings is 1. The van der Waals surface area contributed by atoms with E-state index in [0.29, 0.717) is 28.6 Å². The number of carbonyl (C=O) groups excluding carboxylic acids is 2. The maximum absolute atomic E-state index is 12.8. The molecule has 1 heterocycles. The van der Waals surface area contributed by atoms with Crippen molar-refractivity contribution in [2.75, 3.05) is 19.0 Å². The van der Waals surface area contributed by atoms with Crippen molar-refractivity contribution in [3.05, 3.63) is 48.0 Å². The number of anilines is 2. The van der Waals surface area contributed by atoms with Crippen LogP contribution in [0, 0.1) is 11.3 Å². The molecule has 210 valence electrons. The number of nitrogens with zero attached hydrogens (tertiary/aromatic N) is 2. The molecule has 39 heavy (non-hydrogen) atoms. The van der Waals surface area contributed by atoms with E-state index in [0.717, 1.165) is 24.8 Å². The lowest BCUT2D eigenvalue weighted by atomic mass is 9.70. The third-order valence-electron chi connectivity index (χ3n) is 6.87. The highest BCUT2D eigenvalue weighted by Crippen LogP contribution is 2.46. The smallest absolute Gasteiger partial charge is 0.469 e. The van der Waals surface area contributed by atoms with Gasteiger partial charge in [-0.25, -0.2) is 4.98 Å². The van der Waals surface area contributed by atoms with Crippen LogP contribution in [0.1, 0.15) is 62.9 Å². The molecule has 2 atom stereocenters. The molecule has 0 unspecified atom stereocenters. The van der Waals surface area contributed by atoms with Gasteiger partial charge in [-0.1, -0.05) is 20.8 Å². The summed E-state index contributed by atoms with van der Waals surface area (Å²) in [6.07, 6.45) is -1.80. The number of hydrogen-bond donors (Lipinski definition) is 2. The summed E-state index contributed by atoms with van der Waals surface area (Å²) in [7, 11) is 1.29. The van der Waals surface area contributed by atoms with E-state index in [2.05, 4.69) is 45.4 Å². The second kappa shape index (κ2) is 11.2. The Morgan fingerprint density at radius 3 is 2.49 bits per heavy atom. The Hall–Kier alpha value is -3.76. The van der Waals surface area contributed by atoms with Crippen molar-refractivity contribution in [2.45, 2.75) is 58.9 Å². The van der Waals surface area contributed by atoms with E-state index in [-0.39, 0.29) is 36.1 Å². The van der Waals surface area contributed by atoms with Gasteiger partial charge in [-0.05, 0) is 73.1 Å². The second-order valence-corrected chi connectivity index (χ2v) is 10.9. The Morgan fingerprint density at radius 1 is 1.13 bits per heavy atom. The van der Waals surface area contributed by atoms with E-state index in [4.69, 9.17) is 4.98 Å². The number of methoxy groups -OCH3 is 1. The van der Waals surface area contributed by atoms with Gasteiger partial charge in [0, 0.05) is 23.8 Å². The summed E-state index contributed by atoms with van der Waals surface area (Å²) in [6, 6.07) is 10.8. The molecule has 1 amide bonds. The zero-order valence-corrected chi connectivity index (χ0v) is 22.4. The number of benzene rings is 2. The minimum atomic E-state index is -4.77. The third kappa shape index (κ3) is 7.21. The van der Waals surface area contributed by atoms with Gasteiger partial charge in [-0.3, -0.25) is 9.59 Å². The lowest BCUT2D eigenvalue weighted by Gasteiger charge is -2.40. The fraction of sp³-hybridized carbons (Fsp3) is 0.464. The highest BCUT2D eigenvalue weighted by atomic mass is 19.4. The number of amides is 1. The minimum absolute atomic E-state index is 0.0678. The van der Waals surface area contributed by atoms with Crippen molar-refractivity contribution in [3.63, 3.8) is 0 Å². The molecule has 0 saturated heterocycles. The highest BCUT2D eigenvalue weighted by Gasteiger charge is 2.35. The molecule has 0 aliphatic heterocycles. The monoisotopic (exact) mass is 546 g/mol. The fourth-order valence-electron chi connectivity index (χ4n) is 5.54. The van der Waals surface area contributed by atoms with Crippen LogP contribution in [0.25, 0.3) is 11.0 Å². The summed E-state index contributed by atoms with van der Waals surface area (Å²) >= 11 is 0. The molecule has 2 aromatic carbocycles. The normalized spacial score (nSPS) is 18.9. The van der Waals surface area contributed by atoms with Crippen molar-refractivity contribution in [3.8, 4) is 5.75 Å². The van der Waals surface area contributed by atoms with Crippen LogP contribution in [0.15, 0.2) is 42.5 Å². The number of aromatic nitrogens is 2. The van der Waals surface area contributed by atoms with Crippen LogP contribution < -0.4 is 15.4 Å². The Labute approximate surface area is 224 Å². The quantitative estimate of drug-likeness (QED) is 0.320. The molecule has 8 nitrogen and oxygen atoms in total. The lowest BCUT2D eigenvalue weighted by molar-refractivity contribution is -0.274. The number of hydrogen-bond acceptors (Lipinski definition) is 6. The van der Waals surface area contributed by atoms with Gasteiger partial charge in [0.1, 0.15) is 5.75 Å². The zero-order chi connectivity index (χ0) is 28.4. The predicted octanol–water partition coefficient (Wildman–Crippen LogP) is 6.36. The average molecular weight is 547 g/mol. The zero-order valence-electron chi connectivity index (χ0n) is 22.4. The minimum Gasteiger partial charge on any atom is -0.469 e. The molecule has 1 fully saturated rings. The number of carbonyl (C=O) groups is 2. The number of esters is 1. The Bertz CT molecular complexity index is 1340. The molecule has 11 heteroatoms. The summed E-state index contributed by atoms with van der Waals surface area (Å²) in [5.74, 6) is -0.0419. The average Bonchev–Trinajstić information content (AvgIpc) is 3.19. The van der Waals surface area contributed by atoms with Gasteiger partial charge in [-0.15, -0.1) is 13.2 Å². The van der Waals surface area contributed by atoms with Crippen LogP contribution in [0.2, 0.25) is 0 Å². The molecular weight excluding hydrogens is 513 g/mol. The molecular formula is C28H33F3N4O4. The molecule has 0 spiro atoms. The van der Waals surface area contributed by atoms with Crippen molar-refractivity contribution >= 4 is 34.5 Å². The predicted molar refractivity (Wildman–Crippen MR) is 141 cm³/mol. The summed E-state index contributed by atoms with van der Waals surface area (Å²) in [5, 5.41) is 6.00. The first-order valence-electron chi connectivity index (χ1n) is 12.8. The molecule has 0 bridgehead atoms. The van der Waals surface area contributed by atoms with Crippen LogP contribution in [0.3, 0.4) is 0 Å². The van der Waals surface area contributed by atoms with Gasteiger partial charge in [-0.2, -0.15) is 0 Å². The molecule has 2 N–H and O–H groups in total. The van der Waals surface area contributed by atoms with Gasteiger partial charge >= 0.3 is 12.3 Å². The van der Waals surface area contributed by atoms with E-state index in [1.54, 1.807) is 18.2 Å². The van der Waals surface area contributed by atoms with E-state index in [1.165, 1.54) is 31.4 Å². The van der Waals surface area contributed by atoms with E-state index >= 15 is 0 Å². The van der Waals surface area contributed by atoms with E-state index < -0.39 is 12.3 Å². The number of ether oxygens (including phenoxy) is 2. The topological polar surface area (TPSA) is 94.5 Å². The standard InChI is InChI=1S/C28H33F3N4O4/c1-17-13-20(16-27(2,3)15-17)35-23-14-18(25(37)32-12-11-24(36)38-4)5-10-22(23)34-26(35)33-19-6-8-21(9-7-19)39-28(29,30)31/h5-10,14,17,20H,11-13,15-16H2,1-4H3,(H,32,37)(H,33,34)/t17-,20+/m0/s1. The Kier molecular flexibility index (Phi) is 8.08. The molecule has 1 aromatic heterocycles. The Balaban J connectivity index is 1.68. The second-order valence-electron chi connectivity index (χ2n) is 10.9. The summed E-state index contributed by atoms with van der Waals surface area (Å²) < 4.78 is 48.4. The van der Waals surface area contributed by atoms with Gasteiger partial charge in [0.15, 0.2) is 0 Å². The molecule has 4 rings (SSSR count). The Morgan fingerprint density at radius 2 is 1.85 bits per heavy atom. The number of rotatable bonds is 8. The molecule has 0 radical (unpaired) electrons. The SMILES string of the molecule is COC(=O)CCNC(=O)c1ccc2nc(Nc3ccc(OC(F)(F)F)cc3)n([C@@H]3C[C@H](C)CC(C)(C)C3)c2c1. The first kappa shape index (κ1) is 28.3. The van der Waals surface area contributed by atoms with Crippen LogP contribution in [-0.2, 0) is 9.53 Å². The maximum atomic E-state index is 12.8. The van der Waals surface area contributed by atoms with Crippen molar-refractivity contribution in [2.24, 2.45) is 11.3 Å². The lowest BCUT2D eigenvalue weighted by Crippen LogP contribution is -2.30. The van der Waals surface area contributed by atoms with Crippen LogP contribution >= 0.6 is 0 Å². The van der Waals surface area contributed by atoms with Crippen molar-refractivity contribution in [1.82, 2.24) is 14.9 Å². The summed E-state index contributed by atoms with van der Waals surface area (Å²) in [6.45, 7) is 6.85. The maximum Gasteiger partial charge on any atom is 0.573 e. The number of fused-ring (bicyclic) bond motifs is 1. The van der Waals surface area contributed by atoms with E-state index in [1.807, 2.05) is 0 Å². The van der Waals surface area contributed by atoms with Gasteiger partial charge in [0.05, 0.1) is 24.6 Å². The molecule has 1 aliphatic rings. The van der Waals surface area contributed by atoms with Crippen LogP contribution in [0.4, 0.5) is 24.8 Å². The van der Waals surface area contributed by atoms with Crippen LogP contribution in [-0.4, -0.2) is 41.4 Å². The largest absolute Gasteiger partial charge is 0.573 e. The van der Waals surface area contributed by atoms with Crippen molar-refractivity contribution < 1.29 is 32.2 Å². The summed E-state index contributed by atoms with van der Waals surface area (Å²) in [4.78, 5) is 29.0. The molecule has 1 aliphatic carbocycles. The number of nitrogens with one attached hydrogen (secondary N) is 2. The third-order valence-corrected chi connectivity index (χ3v) is 6.87. The van der Waals surface area contributed by atoms with Gasteiger partial charge in [0.2, 0.25) is 5.95 Å². The van der Waals surface area contributed by atoms with Crippen molar-refractivity contribution in [1.29, 1.82) is 0 Å². The van der Waals surface area contributed by atoms with Gasteiger partial charge < -0.3 is 24.7 Å². The van der Waals surface area contributed by atoms with E-state index in [9.17, 15) is 22.8 Å². The number of halogens is 3. The fourth-order valence-corrected chi connectivity index (χ4v) is 5.54. The van der Waals surface area contributed by atoms with Gasteiger partial charge in [0.25, 0.3) is 5.91 Å². The summed E-state index contributed by atoms with van der Waals surface area (Å²) in [5.41, 5.74) is 2.51. The first-order valence-corrected chi connectivity index (χ1v) is 12.8. The first-order chi connectivity index (χ1) is 18.3. The highest BCUT2D eigenvalue weighted by molar-refractivity contribution is 5.98. The molecule has 3 aromatic rings.